The molecule has 0 bridgehead atoms. The molecule has 0 unspecified atom stereocenters. The molecule has 23 heavy (non-hydrogen) atoms. The molecule has 1 aromatic carbocycles. The minimum absolute atomic E-state index is 0.0249. The molecule has 6 nitrogen and oxygen atoms in total. The molecular weight excluding hydrogens is 303 g/mol. The van der Waals surface area contributed by atoms with Crippen LogP contribution < -0.4 is 5.56 Å². The number of hydrogen-bond donors (Lipinski definition) is 2. The summed E-state index contributed by atoms with van der Waals surface area (Å²) in [6.45, 7) is 0.356. The molecule has 1 amide bonds. The lowest BCUT2D eigenvalue weighted by Crippen LogP contribution is -2.46. The number of carbonyl (C=O) groups is 1. The fourth-order valence-corrected chi connectivity index (χ4v) is 3.19. The van der Waals surface area contributed by atoms with Gasteiger partial charge in [-0.2, -0.15) is 5.16 Å². The number of nitrogens with one attached hydrogen (secondary N) is 1. The molecule has 0 radical (unpaired) electrons. The van der Waals surface area contributed by atoms with Crippen LogP contribution in [-0.4, -0.2) is 33.8 Å². The molecule has 0 saturated carbocycles. The molecule has 0 aliphatic carbocycles. The molecule has 1 fully saturated rings. The van der Waals surface area contributed by atoms with Gasteiger partial charge in [0.15, 0.2) is 0 Å². The lowest BCUT2D eigenvalue weighted by molar-refractivity contribution is 0.0968. The Labute approximate surface area is 131 Å². The number of halogens is 1. The zero-order valence-corrected chi connectivity index (χ0v) is 12.4. The highest BCUT2D eigenvalue weighted by atomic mass is 19.1. The van der Waals surface area contributed by atoms with E-state index in [1.54, 1.807) is 12.1 Å². The van der Waals surface area contributed by atoms with Gasteiger partial charge in [0.1, 0.15) is 11.6 Å². The maximum Gasteiger partial charge on any atom is 0.407 e. The second-order valence-corrected chi connectivity index (χ2v) is 5.80. The maximum absolute atomic E-state index is 13.3. The van der Waals surface area contributed by atoms with E-state index in [0.29, 0.717) is 31.6 Å². The first-order valence-electron chi connectivity index (χ1n) is 7.45. The number of nitrogens with zero attached hydrogens (tertiary/aromatic N) is 1. The number of aromatic nitrogens is 1. The standard InChI is InChI=1S/C16H17FN2O4/c17-12-3-1-2-10(6-12)7-13-8-11(4-5-19(13)16(21)22)14-9-15(20)18-23-14/h1-3,6,9,11,13H,4-5,7-8H2,(H,18,20)(H,21,22)/t11-,13+/m0/s1. The van der Waals surface area contributed by atoms with Crippen LogP contribution in [0.25, 0.3) is 0 Å². The van der Waals surface area contributed by atoms with Crippen LogP contribution in [0.2, 0.25) is 0 Å². The van der Waals surface area contributed by atoms with Crippen LogP contribution in [-0.2, 0) is 6.42 Å². The summed E-state index contributed by atoms with van der Waals surface area (Å²) in [4.78, 5) is 24.0. The van der Waals surface area contributed by atoms with Gasteiger partial charge in [0.2, 0.25) is 0 Å². The highest BCUT2D eigenvalue weighted by molar-refractivity contribution is 5.65. The van der Waals surface area contributed by atoms with E-state index in [1.165, 1.54) is 23.1 Å². The van der Waals surface area contributed by atoms with Gasteiger partial charge < -0.3 is 14.5 Å². The number of rotatable bonds is 3. The van der Waals surface area contributed by atoms with Gasteiger partial charge in [-0.3, -0.25) is 4.79 Å². The number of piperidine rings is 1. The highest BCUT2D eigenvalue weighted by Crippen LogP contribution is 2.32. The van der Waals surface area contributed by atoms with Crippen LogP contribution in [0.5, 0.6) is 0 Å². The molecule has 122 valence electrons. The van der Waals surface area contributed by atoms with Gasteiger partial charge in [-0.15, -0.1) is 0 Å². The summed E-state index contributed by atoms with van der Waals surface area (Å²) < 4.78 is 18.5. The first-order valence-corrected chi connectivity index (χ1v) is 7.45. The monoisotopic (exact) mass is 320 g/mol. The number of benzene rings is 1. The zero-order valence-electron chi connectivity index (χ0n) is 12.4. The van der Waals surface area contributed by atoms with Gasteiger partial charge in [-0.25, -0.2) is 9.18 Å². The van der Waals surface area contributed by atoms with Crippen molar-refractivity contribution in [3.63, 3.8) is 0 Å². The highest BCUT2D eigenvalue weighted by Gasteiger charge is 2.33. The zero-order chi connectivity index (χ0) is 16.4. The molecule has 7 heteroatoms. The van der Waals surface area contributed by atoms with Crippen LogP contribution in [0, 0.1) is 5.82 Å². The second kappa shape index (κ2) is 6.28. The predicted molar refractivity (Wildman–Crippen MR) is 79.9 cm³/mol. The Morgan fingerprint density at radius 1 is 1.43 bits per heavy atom. The van der Waals surface area contributed by atoms with Gasteiger partial charge in [0.05, 0.1) is 0 Å². The van der Waals surface area contributed by atoms with E-state index in [0.717, 1.165) is 5.56 Å². The Balaban J connectivity index is 1.80. The van der Waals surface area contributed by atoms with Gasteiger partial charge >= 0.3 is 6.09 Å². The smallest absolute Gasteiger partial charge is 0.407 e. The maximum atomic E-state index is 13.3. The number of carboxylic acid groups (broad SMARTS) is 1. The molecule has 0 spiro atoms. The van der Waals surface area contributed by atoms with Crippen molar-refractivity contribution < 1.29 is 18.8 Å². The molecule has 2 aromatic rings. The lowest BCUT2D eigenvalue weighted by atomic mass is 9.86. The van der Waals surface area contributed by atoms with Crippen molar-refractivity contribution >= 4 is 6.09 Å². The quantitative estimate of drug-likeness (QED) is 0.910. The van der Waals surface area contributed by atoms with Crippen LogP contribution in [0.3, 0.4) is 0 Å². The van der Waals surface area contributed by atoms with Crippen LogP contribution in [0.15, 0.2) is 39.6 Å². The van der Waals surface area contributed by atoms with Gasteiger partial charge in [-0.1, -0.05) is 12.1 Å². The van der Waals surface area contributed by atoms with E-state index in [1.807, 2.05) is 0 Å². The number of amides is 1. The fraction of sp³-hybridized carbons (Fsp3) is 0.375. The van der Waals surface area contributed by atoms with Crippen LogP contribution in [0.4, 0.5) is 9.18 Å². The number of hydrogen-bond acceptors (Lipinski definition) is 3. The topological polar surface area (TPSA) is 86.5 Å². The molecule has 1 aromatic heterocycles. The number of H-pyrrole nitrogens is 1. The number of aromatic amines is 1. The van der Waals surface area contributed by atoms with E-state index in [2.05, 4.69) is 5.16 Å². The minimum Gasteiger partial charge on any atom is -0.465 e. The summed E-state index contributed by atoms with van der Waals surface area (Å²) in [5.74, 6) is 0.181. The fourth-order valence-electron chi connectivity index (χ4n) is 3.19. The average Bonchev–Trinajstić information content (AvgIpc) is 2.93. The third-order valence-corrected chi connectivity index (χ3v) is 4.27. The molecule has 1 saturated heterocycles. The molecule has 1 aliphatic rings. The van der Waals surface area contributed by atoms with Crippen molar-refractivity contribution in [2.45, 2.75) is 31.2 Å². The Morgan fingerprint density at radius 2 is 2.26 bits per heavy atom. The Kier molecular flexibility index (Phi) is 4.18. The van der Waals surface area contributed by atoms with Crippen molar-refractivity contribution in [3.8, 4) is 0 Å². The summed E-state index contributed by atoms with van der Waals surface area (Å²) in [5.41, 5.74) is 0.444. The summed E-state index contributed by atoms with van der Waals surface area (Å²) in [6.07, 6.45) is 0.561. The Bertz CT molecular complexity index is 754. The summed E-state index contributed by atoms with van der Waals surface area (Å²) in [5, 5.41) is 11.6. The SMILES string of the molecule is O=C(O)N1CC[C@H](c2cc(=O)[nH]o2)C[C@H]1Cc1cccc(F)c1. The average molecular weight is 320 g/mol. The molecule has 2 atom stereocenters. The van der Waals surface area contributed by atoms with Crippen LogP contribution in [0.1, 0.15) is 30.1 Å². The first kappa shape index (κ1) is 15.3. The lowest BCUT2D eigenvalue weighted by Gasteiger charge is -2.37. The normalized spacial score (nSPS) is 21.3. The number of likely N-dealkylation sites (tertiary alicyclic amines) is 1. The first-order chi connectivity index (χ1) is 11.0. The minimum atomic E-state index is -0.986. The largest absolute Gasteiger partial charge is 0.465 e. The van der Waals surface area contributed by atoms with Gasteiger partial charge in [-0.05, 0) is 37.0 Å². The predicted octanol–water partition coefficient (Wildman–Crippen LogP) is 2.58. The Hall–Kier alpha value is -2.57. The van der Waals surface area contributed by atoms with Crippen LogP contribution >= 0.6 is 0 Å². The van der Waals surface area contributed by atoms with Crippen molar-refractivity contribution in [2.75, 3.05) is 6.54 Å². The van der Waals surface area contributed by atoms with E-state index in [9.17, 15) is 19.1 Å². The Morgan fingerprint density at radius 3 is 2.91 bits per heavy atom. The van der Waals surface area contributed by atoms with Crippen molar-refractivity contribution in [1.29, 1.82) is 0 Å². The summed E-state index contributed by atoms with van der Waals surface area (Å²) in [6, 6.07) is 7.29. The van der Waals surface area contributed by atoms with E-state index in [4.69, 9.17) is 4.52 Å². The van der Waals surface area contributed by atoms with Gasteiger partial charge in [0.25, 0.3) is 5.56 Å². The van der Waals surface area contributed by atoms with Crippen molar-refractivity contribution in [2.24, 2.45) is 0 Å². The third kappa shape index (κ3) is 3.44. The van der Waals surface area contributed by atoms with E-state index in [-0.39, 0.29) is 23.3 Å². The molecule has 2 N–H and O–H groups in total. The van der Waals surface area contributed by atoms with E-state index < -0.39 is 6.09 Å². The molecule has 2 heterocycles. The molecule has 1 aliphatic heterocycles. The van der Waals surface area contributed by atoms with Crippen molar-refractivity contribution in [1.82, 2.24) is 10.1 Å². The summed E-state index contributed by atoms with van der Waals surface area (Å²) in [7, 11) is 0. The molecule has 3 rings (SSSR count). The molecular formula is C16H17FN2O4. The third-order valence-electron chi connectivity index (χ3n) is 4.27. The van der Waals surface area contributed by atoms with Gasteiger partial charge in [0, 0.05) is 24.6 Å². The second-order valence-electron chi connectivity index (χ2n) is 5.80. The van der Waals surface area contributed by atoms with Crippen molar-refractivity contribution in [3.05, 3.63) is 57.8 Å². The van der Waals surface area contributed by atoms with E-state index >= 15 is 0 Å². The summed E-state index contributed by atoms with van der Waals surface area (Å²) >= 11 is 0.